The van der Waals surface area contributed by atoms with Crippen molar-refractivity contribution in [1.82, 2.24) is 10.6 Å². The van der Waals surface area contributed by atoms with E-state index in [1.54, 1.807) is 0 Å². The van der Waals surface area contributed by atoms with Crippen LogP contribution in [0.2, 0.25) is 0 Å². The maximum atomic E-state index is 12.7. The van der Waals surface area contributed by atoms with Crippen molar-refractivity contribution in [1.29, 1.82) is 0 Å². The Morgan fingerprint density at radius 2 is 1.40 bits per heavy atom. The highest BCUT2D eigenvalue weighted by Gasteiger charge is 2.37. The smallest absolute Gasteiger partial charge is 0.314 e. The zero-order valence-corrected chi connectivity index (χ0v) is 10.2. The van der Waals surface area contributed by atoms with Gasteiger partial charge < -0.3 is 10.6 Å². The van der Waals surface area contributed by atoms with Crippen LogP contribution in [0.1, 0.15) is 22.7 Å². The predicted molar refractivity (Wildman–Crippen MR) is 60.1 cm³/mol. The SMILES string of the molecule is FC(F)(F)c1cc([C@H]2CNCCN2)cc(C(F)(F)F)c1. The molecule has 20 heavy (non-hydrogen) atoms. The van der Waals surface area contributed by atoms with Crippen LogP contribution in [0.25, 0.3) is 0 Å². The molecule has 112 valence electrons. The predicted octanol–water partition coefficient (Wildman–Crippen LogP) is 2.96. The molecule has 0 aromatic heterocycles. The summed E-state index contributed by atoms with van der Waals surface area (Å²) in [4.78, 5) is 0. The topological polar surface area (TPSA) is 24.1 Å². The van der Waals surface area contributed by atoms with Crippen LogP contribution in [-0.4, -0.2) is 19.6 Å². The molecule has 8 heteroatoms. The number of nitrogens with one attached hydrogen (secondary N) is 2. The van der Waals surface area contributed by atoms with Crippen molar-refractivity contribution in [2.45, 2.75) is 18.4 Å². The first-order valence-electron chi connectivity index (χ1n) is 5.91. The number of rotatable bonds is 1. The molecule has 0 amide bonds. The highest BCUT2D eigenvalue weighted by molar-refractivity contribution is 5.35. The Bertz CT molecular complexity index is 442. The molecule has 1 aromatic rings. The fourth-order valence-corrected chi connectivity index (χ4v) is 2.07. The molecule has 1 aromatic carbocycles. The van der Waals surface area contributed by atoms with E-state index in [0.717, 1.165) is 12.1 Å². The average Bonchev–Trinajstić information content (AvgIpc) is 2.37. The second-order valence-electron chi connectivity index (χ2n) is 4.55. The van der Waals surface area contributed by atoms with Crippen molar-refractivity contribution < 1.29 is 26.3 Å². The first-order chi connectivity index (χ1) is 9.18. The monoisotopic (exact) mass is 298 g/mol. The standard InChI is InChI=1S/C12H12F6N2/c13-11(14,15)8-3-7(10-6-19-1-2-20-10)4-9(5-8)12(16,17)18/h3-5,10,19-20H,1-2,6H2/t10-/m1/s1. The Balaban J connectivity index is 2.45. The molecule has 1 aliphatic heterocycles. The van der Waals surface area contributed by atoms with Crippen molar-refractivity contribution in [3.63, 3.8) is 0 Å². The fourth-order valence-electron chi connectivity index (χ4n) is 2.07. The van der Waals surface area contributed by atoms with Crippen LogP contribution in [0.3, 0.4) is 0 Å². The molecule has 0 unspecified atom stereocenters. The van der Waals surface area contributed by atoms with Gasteiger partial charge in [0.2, 0.25) is 0 Å². The van der Waals surface area contributed by atoms with Gasteiger partial charge in [0.05, 0.1) is 11.1 Å². The van der Waals surface area contributed by atoms with E-state index < -0.39 is 29.5 Å². The van der Waals surface area contributed by atoms with Gasteiger partial charge in [0.15, 0.2) is 0 Å². The summed E-state index contributed by atoms with van der Waals surface area (Å²) < 4.78 is 76.2. The minimum atomic E-state index is -4.81. The van der Waals surface area contributed by atoms with Gasteiger partial charge in [-0.25, -0.2) is 0 Å². The summed E-state index contributed by atoms with van der Waals surface area (Å²) >= 11 is 0. The lowest BCUT2D eigenvalue weighted by atomic mass is 9.98. The molecule has 1 heterocycles. The van der Waals surface area contributed by atoms with Crippen LogP contribution < -0.4 is 10.6 Å². The highest BCUT2D eigenvalue weighted by Crippen LogP contribution is 2.37. The third-order valence-electron chi connectivity index (χ3n) is 3.05. The van der Waals surface area contributed by atoms with Crippen molar-refractivity contribution in [2.75, 3.05) is 19.6 Å². The molecule has 0 aliphatic carbocycles. The van der Waals surface area contributed by atoms with E-state index in [1.165, 1.54) is 0 Å². The lowest BCUT2D eigenvalue weighted by Crippen LogP contribution is -2.42. The summed E-state index contributed by atoms with van der Waals surface area (Å²) in [7, 11) is 0. The lowest BCUT2D eigenvalue weighted by molar-refractivity contribution is -0.143. The largest absolute Gasteiger partial charge is 0.416 e. The number of hydrogen-bond donors (Lipinski definition) is 2. The lowest BCUT2D eigenvalue weighted by Gasteiger charge is -2.26. The highest BCUT2D eigenvalue weighted by atomic mass is 19.4. The molecule has 0 saturated carbocycles. The van der Waals surface area contributed by atoms with Crippen LogP contribution in [-0.2, 0) is 12.4 Å². The van der Waals surface area contributed by atoms with Crippen LogP contribution in [0.5, 0.6) is 0 Å². The van der Waals surface area contributed by atoms with E-state index >= 15 is 0 Å². The van der Waals surface area contributed by atoms with Crippen LogP contribution in [0.15, 0.2) is 18.2 Å². The van der Waals surface area contributed by atoms with Crippen molar-refractivity contribution >= 4 is 0 Å². The van der Waals surface area contributed by atoms with Gasteiger partial charge in [0.25, 0.3) is 0 Å². The average molecular weight is 298 g/mol. The Hall–Kier alpha value is -1.28. The molecule has 0 radical (unpaired) electrons. The van der Waals surface area contributed by atoms with E-state index in [-0.39, 0.29) is 11.6 Å². The van der Waals surface area contributed by atoms with Gasteiger partial charge in [0, 0.05) is 25.7 Å². The van der Waals surface area contributed by atoms with Gasteiger partial charge >= 0.3 is 12.4 Å². The first kappa shape index (κ1) is 15.1. The molecule has 2 nitrogen and oxygen atoms in total. The van der Waals surface area contributed by atoms with Gasteiger partial charge in [-0.1, -0.05) is 0 Å². The second-order valence-corrected chi connectivity index (χ2v) is 4.55. The summed E-state index contributed by atoms with van der Waals surface area (Å²) in [6.07, 6.45) is -9.61. The Morgan fingerprint density at radius 1 is 0.850 bits per heavy atom. The zero-order valence-electron chi connectivity index (χ0n) is 10.2. The number of benzene rings is 1. The molecule has 1 fully saturated rings. The number of hydrogen-bond acceptors (Lipinski definition) is 2. The van der Waals surface area contributed by atoms with Crippen LogP contribution in [0, 0.1) is 0 Å². The van der Waals surface area contributed by atoms with Gasteiger partial charge in [-0.05, 0) is 23.8 Å². The Kier molecular flexibility index (Phi) is 3.97. The number of alkyl halides is 6. The Labute approximate surface area is 111 Å². The van der Waals surface area contributed by atoms with E-state index in [1.807, 2.05) is 0 Å². The van der Waals surface area contributed by atoms with Crippen molar-refractivity contribution in [3.05, 3.63) is 34.9 Å². The quantitative estimate of drug-likeness (QED) is 0.779. The summed E-state index contributed by atoms with van der Waals surface area (Å²) in [6, 6.07) is 1.10. The number of halogens is 6. The summed E-state index contributed by atoms with van der Waals surface area (Å²) in [6.45, 7) is 1.41. The molecule has 0 spiro atoms. The third kappa shape index (κ3) is 3.43. The number of piperazine rings is 1. The summed E-state index contributed by atoms with van der Waals surface area (Å²) in [5.41, 5.74) is -2.58. The van der Waals surface area contributed by atoms with Gasteiger partial charge in [0.1, 0.15) is 0 Å². The van der Waals surface area contributed by atoms with Gasteiger partial charge in [-0.2, -0.15) is 26.3 Å². The van der Waals surface area contributed by atoms with Crippen molar-refractivity contribution in [2.24, 2.45) is 0 Å². The second kappa shape index (κ2) is 5.25. The van der Waals surface area contributed by atoms with Crippen LogP contribution >= 0.6 is 0 Å². The molecular formula is C12H12F6N2. The molecule has 1 aliphatic rings. The zero-order chi connectivity index (χ0) is 15.0. The third-order valence-corrected chi connectivity index (χ3v) is 3.05. The molecule has 2 rings (SSSR count). The van der Waals surface area contributed by atoms with E-state index in [0.29, 0.717) is 19.6 Å². The van der Waals surface area contributed by atoms with Crippen LogP contribution in [0.4, 0.5) is 26.3 Å². The van der Waals surface area contributed by atoms with Gasteiger partial charge in [-0.3, -0.25) is 0 Å². The normalized spacial score (nSPS) is 21.0. The van der Waals surface area contributed by atoms with Gasteiger partial charge in [-0.15, -0.1) is 0 Å². The van der Waals surface area contributed by atoms with E-state index in [2.05, 4.69) is 10.6 Å². The fraction of sp³-hybridized carbons (Fsp3) is 0.500. The summed E-state index contributed by atoms with van der Waals surface area (Å²) in [5, 5.41) is 5.82. The first-order valence-corrected chi connectivity index (χ1v) is 5.91. The molecule has 0 bridgehead atoms. The molecule has 2 N–H and O–H groups in total. The maximum Gasteiger partial charge on any atom is 0.416 e. The van der Waals surface area contributed by atoms with Crippen molar-refractivity contribution in [3.8, 4) is 0 Å². The minimum absolute atomic E-state index is 0.0145. The molecule has 1 atom stereocenters. The van der Waals surface area contributed by atoms with E-state index in [9.17, 15) is 26.3 Å². The Morgan fingerprint density at radius 3 is 1.80 bits per heavy atom. The molecular weight excluding hydrogens is 286 g/mol. The maximum absolute atomic E-state index is 12.7. The minimum Gasteiger partial charge on any atom is -0.314 e. The molecule has 1 saturated heterocycles. The van der Waals surface area contributed by atoms with E-state index in [4.69, 9.17) is 0 Å². The summed E-state index contributed by atoms with van der Waals surface area (Å²) in [5.74, 6) is 0.